The van der Waals surface area contributed by atoms with E-state index in [2.05, 4.69) is 0 Å². The van der Waals surface area contributed by atoms with Gasteiger partial charge in [-0.2, -0.15) is 26.3 Å². The van der Waals surface area contributed by atoms with Gasteiger partial charge in [-0.05, 0) is 31.0 Å². The maximum atomic E-state index is 13.0. The number of rotatable bonds is 2. The Morgan fingerprint density at radius 3 is 2.39 bits per heavy atom. The number of aliphatic hydroxyl groups excluding tert-OH is 1. The molecule has 0 amide bonds. The van der Waals surface area contributed by atoms with Gasteiger partial charge in [0.15, 0.2) is 6.10 Å². The van der Waals surface area contributed by atoms with Crippen molar-refractivity contribution in [2.45, 2.75) is 37.3 Å². The van der Waals surface area contributed by atoms with Crippen LogP contribution in [0.15, 0.2) is 18.2 Å². The lowest BCUT2D eigenvalue weighted by Gasteiger charge is -2.32. The monoisotopic (exact) mass is 337 g/mol. The third-order valence-corrected chi connectivity index (χ3v) is 3.79. The van der Waals surface area contributed by atoms with Gasteiger partial charge in [-0.15, -0.1) is 6.42 Å². The molecule has 1 fully saturated rings. The van der Waals surface area contributed by atoms with E-state index in [0.29, 0.717) is 6.42 Å². The minimum absolute atomic E-state index is 0.0397. The number of benzene rings is 1. The van der Waals surface area contributed by atoms with Crippen molar-refractivity contribution in [3.8, 4) is 12.3 Å². The van der Waals surface area contributed by atoms with Crippen molar-refractivity contribution in [1.29, 1.82) is 0 Å². The van der Waals surface area contributed by atoms with Gasteiger partial charge in [0.1, 0.15) is 0 Å². The second-order valence-corrected chi connectivity index (χ2v) is 5.26. The molecule has 1 aliphatic rings. The third-order valence-electron chi connectivity index (χ3n) is 3.79. The lowest BCUT2D eigenvalue weighted by Crippen LogP contribution is -2.47. The van der Waals surface area contributed by atoms with Crippen LogP contribution in [0.4, 0.5) is 32.0 Å². The highest BCUT2D eigenvalue weighted by molar-refractivity contribution is 5.56. The fraction of sp³-hybridized carbons (Fsp3) is 0.467. The maximum Gasteiger partial charge on any atom is 0.417 e. The molecule has 2 atom stereocenters. The van der Waals surface area contributed by atoms with Gasteiger partial charge < -0.3 is 10.0 Å². The Balaban J connectivity index is 2.40. The lowest BCUT2D eigenvalue weighted by molar-refractivity contribution is -0.209. The van der Waals surface area contributed by atoms with Crippen molar-refractivity contribution in [2.75, 3.05) is 11.4 Å². The largest absolute Gasteiger partial charge is 0.417 e. The van der Waals surface area contributed by atoms with Crippen LogP contribution >= 0.6 is 0 Å². The average Bonchev–Trinajstić information content (AvgIpc) is 2.93. The molecule has 23 heavy (non-hydrogen) atoms. The molecule has 126 valence electrons. The molecule has 1 aliphatic heterocycles. The van der Waals surface area contributed by atoms with E-state index in [1.807, 2.05) is 5.92 Å². The zero-order chi connectivity index (χ0) is 17.4. The number of nitrogens with zero attached hydrogens (tertiary/aromatic N) is 1. The smallest absolute Gasteiger partial charge is 0.382 e. The summed E-state index contributed by atoms with van der Waals surface area (Å²) in [6.07, 6.45) is -6.75. The first-order valence-corrected chi connectivity index (χ1v) is 6.75. The first-order valence-electron chi connectivity index (χ1n) is 6.75. The molecule has 1 saturated heterocycles. The Hall–Kier alpha value is -1.88. The topological polar surface area (TPSA) is 23.5 Å². The molecule has 1 aromatic carbocycles. The third kappa shape index (κ3) is 3.55. The molecule has 0 radical (unpaired) electrons. The molecular formula is C15H13F6NO. The van der Waals surface area contributed by atoms with Crippen molar-refractivity contribution >= 4 is 5.69 Å². The number of aliphatic hydroxyl groups is 1. The summed E-state index contributed by atoms with van der Waals surface area (Å²) >= 11 is 0. The van der Waals surface area contributed by atoms with Gasteiger partial charge in [-0.1, -0.05) is 5.92 Å². The zero-order valence-electron chi connectivity index (χ0n) is 11.7. The van der Waals surface area contributed by atoms with Crippen LogP contribution in [-0.2, 0) is 6.18 Å². The Labute approximate surface area is 128 Å². The van der Waals surface area contributed by atoms with Crippen molar-refractivity contribution < 1.29 is 31.4 Å². The van der Waals surface area contributed by atoms with Gasteiger partial charge >= 0.3 is 12.4 Å². The van der Waals surface area contributed by atoms with Crippen molar-refractivity contribution in [3.05, 3.63) is 29.3 Å². The van der Waals surface area contributed by atoms with Crippen LogP contribution in [0.2, 0.25) is 0 Å². The van der Waals surface area contributed by atoms with Crippen LogP contribution in [0, 0.1) is 12.3 Å². The standard InChI is InChI=1S/C15H13F6NO/c1-2-9-5-6-10(8-11(9)14(16,17)18)22-7-3-4-12(22)13(23)15(19,20)21/h1,5-6,8,12-13,23H,3-4,7H2/t12-,13-/m1/s1. The Morgan fingerprint density at radius 1 is 1.22 bits per heavy atom. The predicted molar refractivity (Wildman–Crippen MR) is 71.8 cm³/mol. The minimum atomic E-state index is -4.83. The van der Waals surface area contributed by atoms with Gasteiger partial charge in [-0.25, -0.2) is 0 Å². The molecular weight excluding hydrogens is 324 g/mol. The molecule has 1 aromatic rings. The number of alkyl halides is 6. The number of halogens is 6. The normalized spacial score (nSPS) is 20.4. The molecule has 8 heteroatoms. The second kappa shape index (κ2) is 5.96. The summed E-state index contributed by atoms with van der Waals surface area (Å²) in [6, 6.07) is 1.71. The van der Waals surface area contributed by atoms with Gasteiger partial charge in [-0.3, -0.25) is 0 Å². The van der Waals surface area contributed by atoms with E-state index in [1.165, 1.54) is 6.07 Å². The van der Waals surface area contributed by atoms with Crippen LogP contribution < -0.4 is 4.90 Å². The molecule has 0 saturated carbocycles. The number of hydrogen-bond donors (Lipinski definition) is 1. The highest BCUT2D eigenvalue weighted by Gasteiger charge is 2.47. The first-order chi connectivity index (χ1) is 10.6. The summed E-state index contributed by atoms with van der Waals surface area (Å²) in [5.41, 5.74) is -1.50. The van der Waals surface area contributed by atoms with E-state index < -0.39 is 30.1 Å². The fourth-order valence-electron chi connectivity index (χ4n) is 2.73. The second-order valence-electron chi connectivity index (χ2n) is 5.26. The zero-order valence-corrected chi connectivity index (χ0v) is 11.7. The SMILES string of the molecule is C#Cc1ccc(N2CCC[C@@H]2[C@@H](O)C(F)(F)F)cc1C(F)(F)F. The van der Waals surface area contributed by atoms with E-state index in [1.54, 1.807) is 0 Å². The molecule has 1 heterocycles. The quantitative estimate of drug-likeness (QED) is 0.659. The van der Waals surface area contributed by atoms with E-state index in [-0.39, 0.29) is 24.2 Å². The first kappa shape index (κ1) is 17.5. The van der Waals surface area contributed by atoms with Crippen LogP contribution in [0.1, 0.15) is 24.0 Å². The maximum absolute atomic E-state index is 13.0. The van der Waals surface area contributed by atoms with E-state index in [4.69, 9.17) is 6.42 Å². The molecule has 0 bridgehead atoms. The number of hydrogen-bond acceptors (Lipinski definition) is 2. The molecule has 0 aliphatic carbocycles. The van der Waals surface area contributed by atoms with Crippen LogP contribution in [0.25, 0.3) is 0 Å². The summed E-state index contributed by atoms with van der Waals surface area (Å²) in [6.45, 7) is 0.129. The summed E-state index contributed by atoms with van der Waals surface area (Å²) in [5, 5.41) is 9.43. The lowest BCUT2D eigenvalue weighted by atomic mass is 10.0. The Kier molecular flexibility index (Phi) is 4.53. The van der Waals surface area contributed by atoms with Gasteiger partial charge in [0, 0.05) is 17.8 Å². The predicted octanol–water partition coefficient (Wildman–Crippen LogP) is 3.58. The highest BCUT2D eigenvalue weighted by Crippen LogP contribution is 2.38. The molecule has 2 rings (SSSR count). The molecule has 2 nitrogen and oxygen atoms in total. The minimum Gasteiger partial charge on any atom is -0.382 e. The number of terminal acetylenes is 1. The van der Waals surface area contributed by atoms with E-state index in [0.717, 1.165) is 17.0 Å². The van der Waals surface area contributed by atoms with Gasteiger partial charge in [0.25, 0.3) is 0 Å². The van der Waals surface area contributed by atoms with Crippen LogP contribution in [0.3, 0.4) is 0 Å². The van der Waals surface area contributed by atoms with Gasteiger partial charge in [0.05, 0.1) is 11.6 Å². The number of anilines is 1. The average molecular weight is 337 g/mol. The molecule has 0 unspecified atom stereocenters. The fourth-order valence-corrected chi connectivity index (χ4v) is 2.73. The van der Waals surface area contributed by atoms with Crippen LogP contribution in [0.5, 0.6) is 0 Å². The molecule has 0 spiro atoms. The van der Waals surface area contributed by atoms with E-state index >= 15 is 0 Å². The summed E-state index contributed by atoms with van der Waals surface area (Å²) in [4.78, 5) is 1.15. The molecule has 1 N–H and O–H groups in total. The Bertz CT molecular complexity index is 616. The Morgan fingerprint density at radius 2 is 1.87 bits per heavy atom. The summed E-state index contributed by atoms with van der Waals surface area (Å²) in [5.74, 6) is 1.91. The van der Waals surface area contributed by atoms with E-state index in [9.17, 15) is 31.4 Å². The summed E-state index contributed by atoms with van der Waals surface area (Å²) in [7, 11) is 0. The van der Waals surface area contributed by atoms with Crippen molar-refractivity contribution in [1.82, 2.24) is 0 Å². The van der Waals surface area contributed by atoms with Crippen LogP contribution in [-0.4, -0.2) is 30.0 Å². The van der Waals surface area contributed by atoms with Crippen molar-refractivity contribution in [3.63, 3.8) is 0 Å². The van der Waals surface area contributed by atoms with Crippen molar-refractivity contribution in [2.24, 2.45) is 0 Å². The highest BCUT2D eigenvalue weighted by atomic mass is 19.4. The van der Waals surface area contributed by atoms with Gasteiger partial charge in [0.2, 0.25) is 0 Å². The molecule has 0 aromatic heterocycles. The summed E-state index contributed by atoms with van der Waals surface area (Å²) < 4.78 is 77.1.